The molecule has 2 heterocycles. The Morgan fingerprint density at radius 2 is 2.15 bits per heavy atom. The number of rotatable bonds is 7. The quantitative estimate of drug-likeness (QED) is 0.771. The Hall–Kier alpha value is -2.21. The molecule has 3 N–H and O–H groups in total. The molecule has 6 heteroatoms. The lowest BCUT2D eigenvalue weighted by molar-refractivity contribution is -0.137. The van der Waals surface area contributed by atoms with Gasteiger partial charge in [-0.25, -0.2) is 0 Å². The second-order valence-corrected chi connectivity index (χ2v) is 7.55. The number of nitrogens with one attached hydrogen (secondary N) is 1. The number of benzene rings is 1. The Kier molecular flexibility index (Phi) is 6.26. The van der Waals surface area contributed by atoms with Gasteiger partial charge in [-0.3, -0.25) is 14.6 Å². The Morgan fingerprint density at radius 1 is 1.37 bits per heavy atom. The van der Waals surface area contributed by atoms with Crippen LogP contribution < -0.4 is 11.1 Å². The van der Waals surface area contributed by atoms with Crippen LogP contribution in [0.15, 0.2) is 29.3 Å². The molecule has 1 aromatic rings. The largest absolute Gasteiger partial charge is 0.344 e. The van der Waals surface area contributed by atoms with Crippen LogP contribution in [0.5, 0.6) is 0 Å². The van der Waals surface area contributed by atoms with Gasteiger partial charge in [0.15, 0.2) is 0 Å². The maximum Gasteiger partial charge on any atom is 0.245 e. The summed E-state index contributed by atoms with van der Waals surface area (Å²) in [5.74, 6) is -0.218. The third-order valence-electron chi connectivity index (χ3n) is 5.68. The van der Waals surface area contributed by atoms with Gasteiger partial charge in [0.1, 0.15) is 6.04 Å². The second kappa shape index (κ2) is 8.65. The summed E-state index contributed by atoms with van der Waals surface area (Å²) >= 11 is 0. The second-order valence-electron chi connectivity index (χ2n) is 7.55. The minimum absolute atomic E-state index is 0.0191. The van der Waals surface area contributed by atoms with E-state index in [-0.39, 0.29) is 23.8 Å². The number of carbonyl (C=O) groups excluding carboxylic acids is 2. The van der Waals surface area contributed by atoms with E-state index in [4.69, 9.17) is 10.7 Å². The number of fused-ring (bicyclic) bond motifs is 1. The molecule has 1 unspecified atom stereocenters. The number of carbonyl (C=O) groups is 2. The first-order chi connectivity index (χ1) is 13.0. The van der Waals surface area contributed by atoms with Crippen LogP contribution >= 0.6 is 0 Å². The SMILES string of the molecule is CC[C@@H](C)C(=O)N[C@@H](CCN)C(=O)N1CCCC1C1=Nc2ccccc2C1. The molecule has 3 atom stereocenters. The summed E-state index contributed by atoms with van der Waals surface area (Å²) in [5.41, 5.74) is 9.00. The highest BCUT2D eigenvalue weighted by atomic mass is 16.2. The van der Waals surface area contributed by atoms with Crippen LogP contribution in [0.3, 0.4) is 0 Å². The molecule has 6 nitrogen and oxygen atoms in total. The van der Waals surface area contributed by atoms with Gasteiger partial charge in [0.2, 0.25) is 11.8 Å². The van der Waals surface area contributed by atoms with Crippen LogP contribution in [-0.2, 0) is 16.0 Å². The normalized spacial score (nSPS) is 20.8. The van der Waals surface area contributed by atoms with Crippen LogP contribution in [0, 0.1) is 5.92 Å². The maximum atomic E-state index is 13.2. The van der Waals surface area contributed by atoms with E-state index in [1.165, 1.54) is 5.56 Å². The van der Waals surface area contributed by atoms with Crippen LogP contribution in [0.4, 0.5) is 5.69 Å². The summed E-state index contributed by atoms with van der Waals surface area (Å²) in [6, 6.07) is 7.59. The van der Waals surface area contributed by atoms with Gasteiger partial charge >= 0.3 is 0 Å². The van der Waals surface area contributed by atoms with Gasteiger partial charge in [-0.15, -0.1) is 0 Å². The number of hydrogen-bond donors (Lipinski definition) is 2. The average molecular weight is 370 g/mol. The lowest BCUT2D eigenvalue weighted by Gasteiger charge is -2.30. The summed E-state index contributed by atoms with van der Waals surface area (Å²) in [6.45, 7) is 4.92. The molecule has 0 spiro atoms. The highest BCUT2D eigenvalue weighted by molar-refractivity contribution is 6.01. The van der Waals surface area contributed by atoms with Gasteiger partial charge in [0, 0.05) is 24.6 Å². The number of amides is 2. The highest BCUT2D eigenvalue weighted by Crippen LogP contribution is 2.31. The molecule has 0 saturated carbocycles. The number of likely N-dealkylation sites (tertiary alicyclic amines) is 1. The molecule has 2 aliphatic heterocycles. The Balaban J connectivity index is 1.73. The van der Waals surface area contributed by atoms with E-state index in [1.807, 2.05) is 36.9 Å². The van der Waals surface area contributed by atoms with E-state index >= 15 is 0 Å². The molecule has 0 aliphatic carbocycles. The predicted octanol–water partition coefficient (Wildman–Crippen LogP) is 2.19. The first-order valence-corrected chi connectivity index (χ1v) is 10.0. The Labute approximate surface area is 161 Å². The smallest absolute Gasteiger partial charge is 0.245 e. The first-order valence-electron chi connectivity index (χ1n) is 10.0. The van der Waals surface area contributed by atoms with E-state index in [9.17, 15) is 9.59 Å². The Morgan fingerprint density at radius 3 is 2.85 bits per heavy atom. The van der Waals surface area contributed by atoms with Crippen molar-refractivity contribution in [3.05, 3.63) is 29.8 Å². The van der Waals surface area contributed by atoms with E-state index in [2.05, 4.69) is 11.4 Å². The van der Waals surface area contributed by atoms with Crippen molar-refractivity contribution in [3.63, 3.8) is 0 Å². The molecule has 0 bridgehead atoms. The standard InChI is InChI=1S/C21H30N4O2/c1-3-14(2)20(26)24-17(10-11-22)21(27)25-12-6-9-19(25)18-13-15-7-4-5-8-16(15)23-18/h4-5,7-8,14,17,19H,3,6,9-13,22H2,1-2H3,(H,24,26)/t14-,17+,19?/m1/s1. The van der Waals surface area contributed by atoms with Crippen molar-refractivity contribution in [2.24, 2.45) is 16.6 Å². The van der Waals surface area contributed by atoms with Crippen LogP contribution in [-0.4, -0.2) is 47.6 Å². The fourth-order valence-corrected chi connectivity index (χ4v) is 3.85. The van der Waals surface area contributed by atoms with Crippen molar-refractivity contribution < 1.29 is 9.59 Å². The molecule has 1 saturated heterocycles. The fraction of sp³-hybridized carbons (Fsp3) is 0.571. The first kappa shape index (κ1) is 19.5. The van der Waals surface area contributed by atoms with Crippen LogP contribution in [0.2, 0.25) is 0 Å². The van der Waals surface area contributed by atoms with Crippen molar-refractivity contribution in [1.82, 2.24) is 10.2 Å². The summed E-state index contributed by atoms with van der Waals surface area (Å²) in [7, 11) is 0. The van der Waals surface area contributed by atoms with Gasteiger partial charge in [-0.2, -0.15) is 0 Å². The van der Waals surface area contributed by atoms with Crippen molar-refractivity contribution in [2.45, 2.75) is 58.0 Å². The number of nitrogens with two attached hydrogens (primary N) is 1. The fourth-order valence-electron chi connectivity index (χ4n) is 3.85. The predicted molar refractivity (Wildman–Crippen MR) is 107 cm³/mol. The minimum Gasteiger partial charge on any atom is -0.344 e. The molecular weight excluding hydrogens is 340 g/mol. The number of nitrogens with zero attached hydrogens (tertiary/aromatic N) is 2. The summed E-state index contributed by atoms with van der Waals surface area (Å²) in [6.07, 6.45) is 3.88. The lowest BCUT2D eigenvalue weighted by atomic mass is 10.0. The van der Waals surface area contributed by atoms with Gasteiger partial charge in [0.05, 0.1) is 11.7 Å². The molecular formula is C21H30N4O2. The zero-order chi connectivity index (χ0) is 19.4. The Bertz CT molecular complexity index is 731. The molecule has 2 aliphatic rings. The molecule has 1 aromatic carbocycles. The van der Waals surface area contributed by atoms with Gasteiger partial charge in [-0.05, 0) is 43.9 Å². The highest BCUT2D eigenvalue weighted by Gasteiger charge is 2.37. The molecule has 0 radical (unpaired) electrons. The van der Waals surface area contributed by atoms with Crippen molar-refractivity contribution in [3.8, 4) is 0 Å². The van der Waals surface area contributed by atoms with Crippen LogP contribution in [0.1, 0.15) is 45.1 Å². The van der Waals surface area contributed by atoms with Gasteiger partial charge in [0.25, 0.3) is 0 Å². The topological polar surface area (TPSA) is 87.8 Å². The third-order valence-corrected chi connectivity index (χ3v) is 5.68. The molecule has 146 valence electrons. The zero-order valence-electron chi connectivity index (χ0n) is 16.3. The summed E-state index contributed by atoms with van der Waals surface area (Å²) in [5, 5.41) is 2.92. The zero-order valence-corrected chi connectivity index (χ0v) is 16.3. The molecule has 3 rings (SSSR count). The summed E-state index contributed by atoms with van der Waals surface area (Å²) < 4.78 is 0. The number of aliphatic imine (C=N–C) groups is 1. The molecule has 27 heavy (non-hydrogen) atoms. The van der Waals surface area contributed by atoms with Crippen molar-refractivity contribution in [2.75, 3.05) is 13.1 Å². The van der Waals surface area contributed by atoms with E-state index < -0.39 is 6.04 Å². The molecule has 1 fully saturated rings. The van der Waals surface area contributed by atoms with Crippen LogP contribution in [0.25, 0.3) is 0 Å². The van der Waals surface area contributed by atoms with Crippen molar-refractivity contribution in [1.29, 1.82) is 0 Å². The number of hydrogen-bond acceptors (Lipinski definition) is 4. The van der Waals surface area contributed by atoms with E-state index in [0.29, 0.717) is 19.5 Å². The van der Waals surface area contributed by atoms with Gasteiger partial charge < -0.3 is 16.0 Å². The van der Waals surface area contributed by atoms with E-state index in [0.717, 1.165) is 37.1 Å². The maximum absolute atomic E-state index is 13.2. The average Bonchev–Trinajstić information content (AvgIpc) is 3.32. The summed E-state index contributed by atoms with van der Waals surface area (Å²) in [4.78, 5) is 32.2. The minimum atomic E-state index is -0.554. The molecule has 2 amide bonds. The molecule has 0 aromatic heterocycles. The van der Waals surface area contributed by atoms with Crippen molar-refractivity contribution >= 4 is 23.2 Å². The lowest BCUT2D eigenvalue weighted by Crippen LogP contribution is -2.53. The number of para-hydroxylation sites is 1. The van der Waals surface area contributed by atoms with E-state index in [1.54, 1.807) is 0 Å². The third kappa shape index (κ3) is 4.21. The van der Waals surface area contributed by atoms with Gasteiger partial charge in [-0.1, -0.05) is 32.0 Å². The monoisotopic (exact) mass is 370 g/mol.